The predicted molar refractivity (Wildman–Crippen MR) is 130 cm³/mol. The molecular weight excluding hydrogens is 508 g/mol. The second-order valence-corrected chi connectivity index (χ2v) is 8.40. The second-order valence-electron chi connectivity index (χ2n) is 7.11. The third-order valence-corrected chi connectivity index (χ3v) is 5.96. The molecule has 0 atom stereocenters. The highest BCUT2D eigenvalue weighted by atomic mass is 79.9. The van der Waals surface area contributed by atoms with Gasteiger partial charge in [0.1, 0.15) is 22.8 Å². The number of halogens is 2. The van der Waals surface area contributed by atoms with Gasteiger partial charge in [-0.05, 0) is 81.7 Å². The third kappa shape index (κ3) is 4.72. The largest absolute Gasteiger partial charge is 0.497 e. The SMILES string of the molecule is COc1ccc(C(=O)C2=C(c3ccc(OC)c(Br)c3)/C(=C/c3ccc(Cl)cc3)OC2=O)cc1. The standard InChI is InChI=1S/C26H18BrClO5/c1-31-19-10-5-16(6-11-19)25(29)24-23(17-7-12-21(32-2)20(27)14-17)22(33-26(24)30)13-15-3-8-18(28)9-4-15/h3-14H,1-2H3/b22-13-. The molecule has 166 valence electrons. The average Bonchev–Trinajstić information content (AvgIpc) is 3.15. The topological polar surface area (TPSA) is 61.8 Å². The number of carbonyl (C=O) groups is 2. The number of rotatable bonds is 6. The molecule has 0 unspecified atom stereocenters. The van der Waals surface area contributed by atoms with E-state index in [1.165, 1.54) is 0 Å². The Morgan fingerprint density at radius 2 is 1.67 bits per heavy atom. The van der Waals surface area contributed by atoms with E-state index in [0.29, 0.717) is 37.7 Å². The molecule has 3 aromatic rings. The van der Waals surface area contributed by atoms with Gasteiger partial charge in [-0.25, -0.2) is 4.79 Å². The fourth-order valence-electron chi connectivity index (χ4n) is 3.44. The molecule has 33 heavy (non-hydrogen) atoms. The first-order valence-corrected chi connectivity index (χ1v) is 11.0. The van der Waals surface area contributed by atoms with Gasteiger partial charge in [-0.1, -0.05) is 29.8 Å². The van der Waals surface area contributed by atoms with Gasteiger partial charge in [-0.15, -0.1) is 0 Å². The molecule has 0 fully saturated rings. The zero-order chi connectivity index (χ0) is 23.5. The lowest BCUT2D eigenvalue weighted by Gasteiger charge is -2.09. The van der Waals surface area contributed by atoms with Crippen LogP contribution in [0.3, 0.4) is 0 Å². The Labute approximate surface area is 204 Å². The van der Waals surface area contributed by atoms with Gasteiger partial charge in [0.15, 0.2) is 0 Å². The van der Waals surface area contributed by atoms with Crippen LogP contribution in [-0.4, -0.2) is 26.0 Å². The lowest BCUT2D eigenvalue weighted by atomic mass is 9.93. The number of ether oxygens (including phenoxy) is 3. The van der Waals surface area contributed by atoms with Crippen molar-refractivity contribution in [2.24, 2.45) is 0 Å². The number of hydrogen-bond acceptors (Lipinski definition) is 5. The number of cyclic esters (lactones) is 1. The monoisotopic (exact) mass is 524 g/mol. The van der Waals surface area contributed by atoms with E-state index in [0.717, 1.165) is 5.56 Å². The Balaban J connectivity index is 1.89. The van der Waals surface area contributed by atoms with Crippen molar-refractivity contribution in [1.29, 1.82) is 0 Å². The van der Waals surface area contributed by atoms with Crippen LogP contribution in [0.15, 0.2) is 82.5 Å². The van der Waals surface area contributed by atoms with E-state index in [9.17, 15) is 9.59 Å². The first-order valence-electron chi connectivity index (χ1n) is 9.88. The van der Waals surface area contributed by atoms with Gasteiger partial charge in [0, 0.05) is 16.2 Å². The van der Waals surface area contributed by atoms with Crippen LogP contribution < -0.4 is 9.47 Å². The Kier molecular flexibility index (Phi) is 6.67. The summed E-state index contributed by atoms with van der Waals surface area (Å²) >= 11 is 9.47. The molecule has 0 N–H and O–H groups in total. The van der Waals surface area contributed by atoms with E-state index in [2.05, 4.69) is 15.9 Å². The molecule has 1 aliphatic rings. The first-order chi connectivity index (χ1) is 15.9. The summed E-state index contributed by atoms with van der Waals surface area (Å²) in [5.74, 6) is 0.353. The molecule has 5 nitrogen and oxygen atoms in total. The Bertz CT molecular complexity index is 1290. The summed E-state index contributed by atoms with van der Waals surface area (Å²) in [7, 11) is 3.10. The Hall–Kier alpha value is -3.35. The van der Waals surface area contributed by atoms with Crippen LogP contribution in [-0.2, 0) is 9.53 Å². The van der Waals surface area contributed by atoms with Crippen LogP contribution in [0.4, 0.5) is 0 Å². The summed E-state index contributed by atoms with van der Waals surface area (Å²) in [5.41, 5.74) is 2.10. The van der Waals surface area contributed by atoms with Gasteiger partial charge < -0.3 is 14.2 Å². The zero-order valence-corrected chi connectivity index (χ0v) is 20.1. The molecule has 0 saturated carbocycles. The average molecular weight is 526 g/mol. The number of hydrogen-bond donors (Lipinski definition) is 0. The summed E-state index contributed by atoms with van der Waals surface area (Å²) in [6, 6.07) is 19.0. The fourth-order valence-corrected chi connectivity index (χ4v) is 4.11. The van der Waals surface area contributed by atoms with Gasteiger partial charge in [0.25, 0.3) is 0 Å². The molecule has 1 aliphatic heterocycles. The van der Waals surface area contributed by atoms with Crippen LogP contribution in [0.5, 0.6) is 11.5 Å². The van der Waals surface area contributed by atoms with E-state index < -0.39 is 11.8 Å². The quantitative estimate of drug-likeness (QED) is 0.213. The number of allylic oxidation sites excluding steroid dienone is 1. The van der Waals surface area contributed by atoms with Crippen molar-refractivity contribution in [2.75, 3.05) is 14.2 Å². The Morgan fingerprint density at radius 3 is 2.27 bits per heavy atom. The molecule has 3 aromatic carbocycles. The molecule has 0 radical (unpaired) electrons. The zero-order valence-electron chi connectivity index (χ0n) is 17.7. The number of esters is 1. The molecule has 0 bridgehead atoms. The van der Waals surface area contributed by atoms with Crippen molar-refractivity contribution in [2.45, 2.75) is 0 Å². The second kappa shape index (κ2) is 9.65. The summed E-state index contributed by atoms with van der Waals surface area (Å²) in [6.45, 7) is 0. The molecule has 0 saturated heterocycles. The smallest absolute Gasteiger partial charge is 0.348 e. The van der Waals surface area contributed by atoms with E-state index in [1.54, 1.807) is 87.0 Å². The van der Waals surface area contributed by atoms with E-state index in [4.69, 9.17) is 25.8 Å². The highest BCUT2D eigenvalue weighted by Gasteiger charge is 2.36. The van der Waals surface area contributed by atoms with E-state index >= 15 is 0 Å². The van der Waals surface area contributed by atoms with Crippen LogP contribution in [0.1, 0.15) is 21.5 Å². The highest BCUT2D eigenvalue weighted by Crippen LogP contribution is 2.40. The van der Waals surface area contributed by atoms with Crippen molar-refractivity contribution in [3.8, 4) is 11.5 Å². The van der Waals surface area contributed by atoms with Crippen molar-refractivity contribution in [3.63, 3.8) is 0 Å². The molecule has 0 aromatic heterocycles. The third-order valence-electron chi connectivity index (χ3n) is 5.09. The van der Waals surface area contributed by atoms with Crippen LogP contribution in [0, 0.1) is 0 Å². The summed E-state index contributed by atoms with van der Waals surface area (Å²) in [6.07, 6.45) is 1.70. The van der Waals surface area contributed by atoms with Gasteiger partial charge in [-0.2, -0.15) is 0 Å². The van der Waals surface area contributed by atoms with Crippen molar-refractivity contribution < 1.29 is 23.8 Å². The lowest BCUT2D eigenvalue weighted by molar-refractivity contribution is -0.132. The minimum Gasteiger partial charge on any atom is -0.497 e. The normalized spacial score (nSPS) is 14.4. The molecule has 4 rings (SSSR count). The molecule has 0 spiro atoms. The van der Waals surface area contributed by atoms with Gasteiger partial charge in [0.2, 0.25) is 5.78 Å². The summed E-state index contributed by atoms with van der Waals surface area (Å²) < 4.78 is 16.7. The van der Waals surface area contributed by atoms with Crippen molar-refractivity contribution >= 4 is 50.9 Å². The lowest BCUT2D eigenvalue weighted by Crippen LogP contribution is -2.11. The number of Topliss-reactive ketones (excluding diaryl/α,β-unsaturated/α-hetero) is 1. The predicted octanol–water partition coefficient (Wildman–Crippen LogP) is 6.35. The minimum absolute atomic E-state index is 0.0440. The molecular formula is C26H18BrClO5. The minimum atomic E-state index is -0.710. The van der Waals surface area contributed by atoms with Gasteiger partial charge in [0.05, 0.1) is 18.7 Å². The number of methoxy groups -OCH3 is 2. The molecule has 7 heteroatoms. The van der Waals surface area contributed by atoms with Crippen LogP contribution in [0.25, 0.3) is 11.6 Å². The first kappa shape index (κ1) is 22.8. The fraction of sp³-hybridized carbons (Fsp3) is 0.0769. The van der Waals surface area contributed by atoms with E-state index in [1.807, 2.05) is 0 Å². The van der Waals surface area contributed by atoms with E-state index in [-0.39, 0.29) is 11.3 Å². The van der Waals surface area contributed by atoms with Gasteiger partial charge in [-0.3, -0.25) is 4.79 Å². The molecule has 1 heterocycles. The van der Waals surface area contributed by atoms with Crippen LogP contribution in [0.2, 0.25) is 5.02 Å². The summed E-state index contributed by atoms with van der Waals surface area (Å²) in [5, 5.41) is 0.589. The van der Waals surface area contributed by atoms with Crippen LogP contribution >= 0.6 is 27.5 Å². The number of ketones is 1. The maximum absolute atomic E-state index is 13.4. The van der Waals surface area contributed by atoms with Crippen molar-refractivity contribution in [3.05, 3.63) is 104 Å². The maximum Gasteiger partial charge on any atom is 0.348 e. The summed E-state index contributed by atoms with van der Waals surface area (Å²) in [4.78, 5) is 26.3. The van der Waals surface area contributed by atoms with Gasteiger partial charge >= 0.3 is 5.97 Å². The molecule has 0 amide bonds. The Morgan fingerprint density at radius 1 is 0.970 bits per heavy atom. The number of carbonyl (C=O) groups excluding carboxylic acids is 2. The van der Waals surface area contributed by atoms with Crippen molar-refractivity contribution in [1.82, 2.24) is 0 Å². The number of benzene rings is 3. The maximum atomic E-state index is 13.4. The highest BCUT2D eigenvalue weighted by molar-refractivity contribution is 9.10. The molecule has 0 aliphatic carbocycles.